The molecular weight excluding hydrogens is 276 g/mol. The molecule has 22 heavy (non-hydrogen) atoms. The first kappa shape index (κ1) is 19.2. The van der Waals surface area contributed by atoms with E-state index >= 15 is 0 Å². The first-order valence-electron chi connectivity index (χ1n) is 8.73. The van der Waals surface area contributed by atoms with Crippen LogP contribution in [0.1, 0.15) is 47.0 Å². The third kappa shape index (κ3) is 7.45. The van der Waals surface area contributed by atoms with Crippen LogP contribution in [-0.4, -0.2) is 62.8 Å². The Balaban J connectivity index is 2.24. The number of likely N-dealkylation sites (tertiary alicyclic amines) is 1. The summed E-state index contributed by atoms with van der Waals surface area (Å²) in [6.45, 7) is 14.6. The van der Waals surface area contributed by atoms with Crippen LogP contribution in [0, 0.1) is 5.92 Å². The monoisotopic (exact) mass is 312 g/mol. The summed E-state index contributed by atoms with van der Waals surface area (Å²) in [7, 11) is 1.82. The fourth-order valence-corrected chi connectivity index (χ4v) is 2.69. The number of piperidine rings is 1. The maximum Gasteiger partial charge on any atom is 0.191 e. The number of nitrogens with one attached hydrogen (secondary N) is 2. The Morgan fingerprint density at radius 2 is 1.86 bits per heavy atom. The highest BCUT2D eigenvalue weighted by Gasteiger charge is 2.27. The number of hydrogen-bond donors (Lipinski definition) is 2. The molecule has 1 fully saturated rings. The number of aliphatic imine (C=N–C) groups is 1. The molecule has 0 radical (unpaired) electrons. The molecule has 0 spiro atoms. The number of ether oxygens (including phenoxy) is 1. The fourth-order valence-electron chi connectivity index (χ4n) is 2.69. The van der Waals surface area contributed by atoms with Crippen molar-refractivity contribution in [3.8, 4) is 0 Å². The number of nitrogens with zero attached hydrogens (tertiary/aromatic N) is 2. The van der Waals surface area contributed by atoms with Crippen LogP contribution in [-0.2, 0) is 4.74 Å². The van der Waals surface area contributed by atoms with Gasteiger partial charge in [0.15, 0.2) is 5.96 Å². The van der Waals surface area contributed by atoms with Crippen LogP contribution in [0.4, 0.5) is 0 Å². The summed E-state index contributed by atoms with van der Waals surface area (Å²) in [5.74, 6) is 1.45. The molecule has 0 aliphatic carbocycles. The van der Waals surface area contributed by atoms with Gasteiger partial charge in [0.05, 0.1) is 6.61 Å². The molecule has 0 unspecified atom stereocenters. The molecule has 0 aromatic heterocycles. The largest absolute Gasteiger partial charge is 0.379 e. The summed E-state index contributed by atoms with van der Waals surface area (Å²) in [6, 6.07) is 0. The second-order valence-corrected chi connectivity index (χ2v) is 7.18. The van der Waals surface area contributed by atoms with Crippen molar-refractivity contribution in [1.29, 1.82) is 0 Å². The molecule has 2 N–H and O–H groups in total. The molecule has 130 valence electrons. The third-order valence-electron chi connectivity index (χ3n) is 4.11. The maximum absolute atomic E-state index is 5.58. The number of rotatable bonds is 8. The Bertz CT molecular complexity index is 323. The van der Waals surface area contributed by atoms with Crippen molar-refractivity contribution in [2.24, 2.45) is 10.9 Å². The van der Waals surface area contributed by atoms with E-state index in [2.05, 4.69) is 48.2 Å². The minimum atomic E-state index is 0.159. The van der Waals surface area contributed by atoms with Gasteiger partial charge in [-0.3, -0.25) is 9.89 Å². The van der Waals surface area contributed by atoms with Crippen molar-refractivity contribution >= 4 is 5.96 Å². The van der Waals surface area contributed by atoms with Crippen LogP contribution in [0.25, 0.3) is 0 Å². The molecular formula is C17H36N4O. The minimum Gasteiger partial charge on any atom is -0.379 e. The van der Waals surface area contributed by atoms with Gasteiger partial charge in [0, 0.05) is 32.3 Å². The van der Waals surface area contributed by atoms with Gasteiger partial charge < -0.3 is 15.4 Å². The Kier molecular flexibility index (Phi) is 8.79. The van der Waals surface area contributed by atoms with Gasteiger partial charge in [0.1, 0.15) is 0 Å². The summed E-state index contributed by atoms with van der Waals surface area (Å²) < 4.78 is 5.58. The molecule has 1 rings (SSSR count). The lowest BCUT2D eigenvalue weighted by atomic mass is 9.98. The SMILES string of the molecule is CN=C(NCCOCC(C)C)NCC(C)(C)N1CCCCC1. The smallest absolute Gasteiger partial charge is 0.191 e. The normalized spacial score (nSPS) is 17.8. The molecule has 1 saturated heterocycles. The van der Waals surface area contributed by atoms with E-state index in [1.807, 2.05) is 7.05 Å². The van der Waals surface area contributed by atoms with Gasteiger partial charge >= 0.3 is 0 Å². The van der Waals surface area contributed by atoms with Crippen molar-refractivity contribution in [3.05, 3.63) is 0 Å². The zero-order valence-corrected chi connectivity index (χ0v) is 15.2. The molecule has 1 heterocycles. The van der Waals surface area contributed by atoms with Crippen molar-refractivity contribution < 1.29 is 4.74 Å². The second-order valence-electron chi connectivity index (χ2n) is 7.18. The second kappa shape index (κ2) is 10.1. The third-order valence-corrected chi connectivity index (χ3v) is 4.11. The van der Waals surface area contributed by atoms with E-state index in [-0.39, 0.29) is 5.54 Å². The van der Waals surface area contributed by atoms with Crippen molar-refractivity contribution in [1.82, 2.24) is 15.5 Å². The highest BCUT2D eigenvalue weighted by molar-refractivity contribution is 5.79. The summed E-state index contributed by atoms with van der Waals surface area (Å²) in [5, 5.41) is 6.76. The molecule has 5 nitrogen and oxygen atoms in total. The van der Waals surface area contributed by atoms with Crippen LogP contribution in [0.3, 0.4) is 0 Å². The van der Waals surface area contributed by atoms with Gasteiger partial charge in [-0.1, -0.05) is 20.3 Å². The molecule has 0 aromatic rings. The average molecular weight is 313 g/mol. The van der Waals surface area contributed by atoms with Gasteiger partial charge in [-0.25, -0.2) is 0 Å². The van der Waals surface area contributed by atoms with Crippen molar-refractivity contribution in [3.63, 3.8) is 0 Å². The zero-order valence-electron chi connectivity index (χ0n) is 15.2. The minimum absolute atomic E-state index is 0.159. The lowest BCUT2D eigenvalue weighted by Gasteiger charge is -2.41. The first-order chi connectivity index (χ1) is 10.5. The maximum atomic E-state index is 5.58. The molecule has 0 saturated carbocycles. The lowest BCUT2D eigenvalue weighted by molar-refractivity contribution is 0.0979. The Labute approximate surface area is 136 Å². The molecule has 0 bridgehead atoms. The lowest BCUT2D eigenvalue weighted by Crippen LogP contribution is -2.55. The molecule has 0 atom stereocenters. The summed E-state index contributed by atoms with van der Waals surface area (Å²) >= 11 is 0. The van der Waals surface area contributed by atoms with E-state index in [1.165, 1.54) is 32.4 Å². The average Bonchev–Trinajstić information content (AvgIpc) is 2.50. The predicted octanol–water partition coefficient (Wildman–Crippen LogP) is 2.09. The number of hydrogen-bond acceptors (Lipinski definition) is 3. The van der Waals surface area contributed by atoms with Crippen molar-refractivity contribution in [2.45, 2.75) is 52.5 Å². The van der Waals surface area contributed by atoms with E-state index < -0.39 is 0 Å². The van der Waals surface area contributed by atoms with E-state index in [4.69, 9.17) is 4.74 Å². The van der Waals surface area contributed by atoms with Gasteiger partial charge in [0.25, 0.3) is 0 Å². The highest BCUT2D eigenvalue weighted by atomic mass is 16.5. The standard InChI is InChI=1S/C17H36N4O/c1-15(2)13-22-12-9-19-16(18-5)20-14-17(3,4)21-10-7-6-8-11-21/h15H,6-14H2,1-5H3,(H2,18,19,20). The topological polar surface area (TPSA) is 48.9 Å². The van der Waals surface area contributed by atoms with Gasteiger partial charge in [0.2, 0.25) is 0 Å². The Morgan fingerprint density at radius 1 is 1.18 bits per heavy atom. The summed E-state index contributed by atoms with van der Waals surface area (Å²) in [5.41, 5.74) is 0.159. The summed E-state index contributed by atoms with van der Waals surface area (Å²) in [4.78, 5) is 6.88. The van der Waals surface area contributed by atoms with Crippen molar-refractivity contribution in [2.75, 3.05) is 46.4 Å². The molecule has 5 heteroatoms. The van der Waals surface area contributed by atoms with Crippen LogP contribution in [0.5, 0.6) is 0 Å². The zero-order chi connectivity index (χ0) is 16.4. The fraction of sp³-hybridized carbons (Fsp3) is 0.941. The Morgan fingerprint density at radius 3 is 2.45 bits per heavy atom. The van der Waals surface area contributed by atoms with Gasteiger partial charge in [-0.15, -0.1) is 0 Å². The van der Waals surface area contributed by atoms with Crippen LogP contribution in [0.2, 0.25) is 0 Å². The molecule has 1 aliphatic rings. The Hall–Kier alpha value is -0.810. The van der Waals surface area contributed by atoms with E-state index in [9.17, 15) is 0 Å². The van der Waals surface area contributed by atoms with E-state index in [0.29, 0.717) is 12.5 Å². The number of guanidine groups is 1. The molecule has 0 aromatic carbocycles. The predicted molar refractivity (Wildman–Crippen MR) is 94.5 cm³/mol. The van der Waals surface area contributed by atoms with Crippen LogP contribution in [0.15, 0.2) is 4.99 Å². The van der Waals surface area contributed by atoms with Crippen LogP contribution < -0.4 is 10.6 Å². The highest BCUT2D eigenvalue weighted by Crippen LogP contribution is 2.19. The summed E-state index contributed by atoms with van der Waals surface area (Å²) in [6.07, 6.45) is 4.02. The quantitative estimate of drug-likeness (QED) is 0.409. The van der Waals surface area contributed by atoms with Crippen LogP contribution >= 0.6 is 0 Å². The van der Waals surface area contributed by atoms with Gasteiger partial charge in [-0.05, 0) is 45.7 Å². The van der Waals surface area contributed by atoms with E-state index in [1.54, 1.807) is 0 Å². The first-order valence-corrected chi connectivity index (χ1v) is 8.73. The molecule has 1 aliphatic heterocycles. The molecule has 0 amide bonds. The van der Waals surface area contributed by atoms with E-state index in [0.717, 1.165) is 25.7 Å². The van der Waals surface area contributed by atoms with Gasteiger partial charge in [-0.2, -0.15) is 0 Å².